The van der Waals surface area contributed by atoms with E-state index in [-0.39, 0.29) is 11.8 Å². The van der Waals surface area contributed by atoms with Crippen LogP contribution in [0.4, 0.5) is 0 Å². The van der Waals surface area contributed by atoms with Gasteiger partial charge in [-0.2, -0.15) is 0 Å². The highest BCUT2D eigenvalue weighted by atomic mass is 16.7. The Bertz CT molecular complexity index is 1230. The quantitative estimate of drug-likeness (QED) is 0.612. The SMILES string of the molecule is COc1cccc(C2=CC3(CCN(C(=O)C4c5ccccc5Oc5ccccc54)CC3)ON2)c1. The third-order valence-electron chi connectivity index (χ3n) is 7.00. The van der Waals surface area contributed by atoms with Crippen LogP contribution in [-0.2, 0) is 9.63 Å². The van der Waals surface area contributed by atoms with Gasteiger partial charge in [-0.25, -0.2) is 0 Å². The zero-order chi connectivity index (χ0) is 23.1. The van der Waals surface area contributed by atoms with Crippen molar-refractivity contribution in [2.24, 2.45) is 0 Å². The first kappa shape index (κ1) is 20.8. The molecule has 3 aromatic carbocycles. The van der Waals surface area contributed by atoms with Crippen LogP contribution in [0.3, 0.4) is 0 Å². The summed E-state index contributed by atoms with van der Waals surface area (Å²) in [6.07, 6.45) is 3.61. The summed E-state index contributed by atoms with van der Waals surface area (Å²) in [6, 6.07) is 23.6. The number of rotatable bonds is 3. The normalized spacial score (nSPS) is 18.4. The first-order valence-electron chi connectivity index (χ1n) is 11.6. The molecule has 0 saturated carbocycles. The molecular formula is C28H26N2O4. The van der Waals surface area contributed by atoms with Gasteiger partial charge in [-0.05, 0) is 30.3 Å². The first-order valence-corrected chi connectivity index (χ1v) is 11.6. The molecule has 1 saturated heterocycles. The molecule has 0 bridgehead atoms. The number of piperidine rings is 1. The van der Waals surface area contributed by atoms with Gasteiger partial charge in [0, 0.05) is 42.6 Å². The second kappa shape index (κ2) is 8.22. The Morgan fingerprint density at radius 3 is 2.32 bits per heavy atom. The monoisotopic (exact) mass is 454 g/mol. The molecule has 0 unspecified atom stereocenters. The highest BCUT2D eigenvalue weighted by Gasteiger charge is 2.42. The molecule has 6 heteroatoms. The van der Waals surface area contributed by atoms with Crippen molar-refractivity contribution in [1.29, 1.82) is 0 Å². The van der Waals surface area contributed by atoms with Crippen LogP contribution >= 0.6 is 0 Å². The van der Waals surface area contributed by atoms with E-state index in [2.05, 4.69) is 11.6 Å². The molecule has 3 aliphatic rings. The van der Waals surface area contributed by atoms with Gasteiger partial charge in [-0.3, -0.25) is 15.1 Å². The van der Waals surface area contributed by atoms with Crippen LogP contribution < -0.4 is 15.0 Å². The van der Waals surface area contributed by atoms with Crippen LogP contribution in [-0.4, -0.2) is 36.6 Å². The summed E-state index contributed by atoms with van der Waals surface area (Å²) in [7, 11) is 1.66. The number of amides is 1. The van der Waals surface area contributed by atoms with E-state index in [1.807, 2.05) is 77.7 Å². The molecule has 0 aromatic heterocycles. The van der Waals surface area contributed by atoms with E-state index in [1.165, 1.54) is 0 Å². The summed E-state index contributed by atoms with van der Waals surface area (Å²) in [4.78, 5) is 21.9. The van der Waals surface area contributed by atoms with Crippen LogP contribution in [0, 0.1) is 0 Å². The second-order valence-electron chi connectivity index (χ2n) is 8.99. The molecule has 1 fully saturated rings. The molecule has 6 nitrogen and oxygen atoms in total. The maximum absolute atomic E-state index is 13.8. The lowest BCUT2D eigenvalue weighted by molar-refractivity contribution is -0.137. The number of likely N-dealkylation sites (tertiary alicyclic amines) is 1. The fourth-order valence-corrected chi connectivity index (χ4v) is 5.12. The minimum absolute atomic E-state index is 0.112. The Labute approximate surface area is 198 Å². The minimum Gasteiger partial charge on any atom is -0.497 e. The van der Waals surface area contributed by atoms with E-state index in [9.17, 15) is 4.79 Å². The van der Waals surface area contributed by atoms with Crippen molar-refractivity contribution in [3.05, 3.63) is 95.6 Å². The summed E-state index contributed by atoms with van der Waals surface area (Å²) in [6.45, 7) is 1.26. The van der Waals surface area contributed by atoms with Crippen molar-refractivity contribution >= 4 is 11.6 Å². The van der Waals surface area contributed by atoms with Gasteiger partial charge in [0.15, 0.2) is 0 Å². The lowest BCUT2D eigenvalue weighted by atomic mass is 9.85. The number of nitrogens with zero attached hydrogens (tertiary/aromatic N) is 1. The summed E-state index contributed by atoms with van der Waals surface area (Å²) in [5, 5.41) is 0. The summed E-state index contributed by atoms with van der Waals surface area (Å²) < 4.78 is 11.4. The van der Waals surface area contributed by atoms with Crippen molar-refractivity contribution < 1.29 is 19.1 Å². The van der Waals surface area contributed by atoms with Crippen LogP contribution in [0.25, 0.3) is 5.70 Å². The Morgan fingerprint density at radius 2 is 1.65 bits per heavy atom. The fraction of sp³-hybridized carbons (Fsp3) is 0.250. The molecule has 3 heterocycles. The van der Waals surface area contributed by atoms with E-state index in [0.29, 0.717) is 13.1 Å². The largest absolute Gasteiger partial charge is 0.497 e. The number of fused-ring (bicyclic) bond motifs is 2. The zero-order valence-corrected chi connectivity index (χ0v) is 19.0. The molecule has 172 valence electrons. The molecule has 3 aliphatic heterocycles. The van der Waals surface area contributed by atoms with E-state index in [1.54, 1.807) is 7.11 Å². The molecule has 34 heavy (non-hydrogen) atoms. The second-order valence-corrected chi connectivity index (χ2v) is 8.99. The standard InChI is InChI=1S/C28H26N2O4/c1-32-20-8-6-7-19(17-20)23-18-28(34-29-23)13-15-30(16-14-28)27(31)26-21-9-2-4-11-24(21)33-25-12-5-3-10-22(25)26/h2-12,17-18,26,29H,13-16H2,1H3. The summed E-state index contributed by atoms with van der Waals surface area (Å²) in [5.74, 6) is 2.06. The van der Waals surface area contributed by atoms with E-state index < -0.39 is 5.60 Å². The number of hydroxylamine groups is 1. The zero-order valence-electron chi connectivity index (χ0n) is 19.0. The average Bonchev–Trinajstić information content (AvgIpc) is 3.30. The number of carbonyl (C=O) groups excluding carboxylic acids is 1. The lowest BCUT2D eigenvalue weighted by Gasteiger charge is -2.39. The number of para-hydroxylation sites is 2. The molecule has 0 atom stereocenters. The average molecular weight is 455 g/mol. The lowest BCUT2D eigenvalue weighted by Crippen LogP contribution is -2.48. The van der Waals surface area contributed by atoms with Crippen molar-refractivity contribution in [1.82, 2.24) is 10.4 Å². The Hall–Kier alpha value is -3.77. The van der Waals surface area contributed by atoms with Gasteiger partial charge >= 0.3 is 0 Å². The number of carbonyl (C=O) groups is 1. The topological polar surface area (TPSA) is 60.0 Å². The van der Waals surface area contributed by atoms with Gasteiger partial charge in [0.1, 0.15) is 22.8 Å². The highest BCUT2D eigenvalue weighted by Crippen LogP contribution is 2.45. The highest BCUT2D eigenvalue weighted by molar-refractivity contribution is 5.90. The molecule has 0 aliphatic carbocycles. The molecule has 1 spiro atoms. The first-order chi connectivity index (χ1) is 16.7. The van der Waals surface area contributed by atoms with E-state index in [0.717, 1.165) is 52.5 Å². The third kappa shape index (κ3) is 3.51. The maximum atomic E-state index is 13.8. The third-order valence-corrected chi connectivity index (χ3v) is 7.00. The number of ether oxygens (including phenoxy) is 2. The van der Waals surface area contributed by atoms with Gasteiger partial charge in [-0.1, -0.05) is 48.5 Å². The van der Waals surface area contributed by atoms with Crippen molar-refractivity contribution in [2.75, 3.05) is 20.2 Å². The number of methoxy groups -OCH3 is 1. The summed E-state index contributed by atoms with van der Waals surface area (Å²) >= 11 is 0. The van der Waals surface area contributed by atoms with Crippen LogP contribution in [0.2, 0.25) is 0 Å². The molecule has 0 radical (unpaired) electrons. The number of benzene rings is 3. The number of nitrogens with one attached hydrogen (secondary N) is 1. The van der Waals surface area contributed by atoms with Crippen molar-refractivity contribution in [3.63, 3.8) is 0 Å². The molecule has 3 aromatic rings. The van der Waals surface area contributed by atoms with Gasteiger partial charge in [0.25, 0.3) is 0 Å². The Kier molecular flexibility index (Phi) is 5.03. The van der Waals surface area contributed by atoms with E-state index >= 15 is 0 Å². The number of hydrogen-bond donors (Lipinski definition) is 1. The van der Waals surface area contributed by atoms with Crippen LogP contribution in [0.15, 0.2) is 78.9 Å². The van der Waals surface area contributed by atoms with Crippen LogP contribution in [0.5, 0.6) is 17.2 Å². The maximum Gasteiger partial charge on any atom is 0.234 e. The molecule has 6 rings (SSSR count). The minimum atomic E-state index is -0.416. The van der Waals surface area contributed by atoms with Crippen molar-refractivity contribution in [3.8, 4) is 17.2 Å². The summed E-state index contributed by atoms with van der Waals surface area (Å²) in [5.41, 5.74) is 6.49. The number of hydrogen-bond acceptors (Lipinski definition) is 5. The molecule has 1 N–H and O–H groups in total. The smallest absolute Gasteiger partial charge is 0.234 e. The molecule has 1 amide bonds. The van der Waals surface area contributed by atoms with Gasteiger partial charge < -0.3 is 14.4 Å². The predicted octanol–water partition coefficient (Wildman–Crippen LogP) is 4.87. The van der Waals surface area contributed by atoms with Gasteiger partial charge in [0.2, 0.25) is 5.91 Å². The Balaban J connectivity index is 1.22. The van der Waals surface area contributed by atoms with E-state index in [4.69, 9.17) is 14.3 Å². The Morgan fingerprint density at radius 1 is 0.971 bits per heavy atom. The van der Waals surface area contributed by atoms with Gasteiger partial charge in [-0.15, -0.1) is 0 Å². The fourth-order valence-electron chi connectivity index (χ4n) is 5.12. The van der Waals surface area contributed by atoms with Crippen molar-refractivity contribution in [2.45, 2.75) is 24.4 Å². The molecular weight excluding hydrogens is 428 g/mol. The van der Waals surface area contributed by atoms with Gasteiger partial charge in [0.05, 0.1) is 18.7 Å². The van der Waals surface area contributed by atoms with Crippen LogP contribution in [0.1, 0.15) is 35.4 Å². The predicted molar refractivity (Wildman–Crippen MR) is 129 cm³/mol.